The second kappa shape index (κ2) is 6.71. The van der Waals surface area contributed by atoms with Crippen LogP contribution in [-0.2, 0) is 13.1 Å². The fourth-order valence-electron chi connectivity index (χ4n) is 2.61. The molecule has 4 heteroatoms. The SMILES string of the molecule is CCN(Cc1cccc(OC)c1)Cc1ccc2c(c1)OCO2. The second-order valence-corrected chi connectivity index (χ2v) is 5.34. The van der Waals surface area contributed by atoms with Gasteiger partial charge in [-0.25, -0.2) is 0 Å². The minimum absolute atomic E-state index is 0.320. The summed E-state index contributed by atoms with van der Waals surface area (Å²) >= 11 is 0. The van der Waals surface area contributed by atoms with Crippen LogP contribution in [0.4, 0.5) is 0 Å². The van der Waals surface area contributed by atoms with Gasteiger partial charge in [-0.3, -0.25) is 4.90 Å². The molecule has 0 unspecified atom stereocenters. The van der Waals surface area contributed by atoms with Crippen molar-refractivity contribution in [3.63, 3.8) is 0 Å². The van der Waals surface area contributed by atoms with Gasteiger partial charge in [0.25, 0.3) is 0 Å². The standard InChI is InChI=1S/C18H21NO3/c1-3-19(11-14-5-4-6-16(9-14)20-2)12-15-7-8-17-18(10-15)22-13-21-17/h4-10H,3,11-13H2,1-2H3. The number of fused-ring (bicyclic) bond motifs is 1. The zero-order valence-electron chi connectivity index (χ0n) is 13.0. The monoisotopic (exact) mass is 299 g/mol. The maximum atomic E-state index is 5.45. The van der Waals surface area contributed by atoms with E-state index in [9.17, 15) is 0 Å². The van der Waals surface area contributed by atoms with Crippen LogP contribution in [0.25, 0.3) is 0 Å². The highest BCUT2D eigenvalue weighted by Gasteiger charge is 2.14. The maximum Gasteiger partial charge on any atom is 0.231 e. The van der Waals surface area contributed by atoms with E-state index in [0.29, 0.717) is 6.79 Å². The molecule has 116 valence electrons. The zero-order valence-corrected chi connectivity index (χ0v) is 13.0. The van der Waals surface area contributed by atoms with E-state index in [1.54, 1.807) is 7.11 Å². The number of ether oxygens (including phenoxy) is 3. The van der Waals surface area contributed by atoms with E-state index >= 15 is 0 Å². The molecule has 0 radical (unpaired) electrons. The van der Waals surface area contributed by atoms with Gasteiger partial charge in [0.1, 0.15) is 5.75 Å². The summed E-state index contributed by atoms with van der Waals surface area (Å²) in [6.45, 7) is 5.24. The van der Waals surface area contributed by atoms with Crippen LogP contribution in [-0.4, -0.2) is 25.3 Å². The summed E-state index contributed by atoms with van der Waals surface area (Å²) in [5, 5.41) is 0. The lowest BCUT2D eigenvalue weighted by molar-refractivity contribution is 0.174. The van der Waals surface area contributed by atoms with Gasteiger partial charge in [-0.15, -0.1) is 0 Å². The Hall–Kier alpha value is -2.20. The smallest absolute Gasteiger partial charge is 0.231 e. The van der Waals surface area contributed by atoms with Crippen molar-refractivity contribution in [2.75, 3.05) is 20.4 Å². The molecule has 1 heterocycles. The molecule has 3 rings (SSSR count). The van der Waals surface area contributed by atoms with Gasteiger partial charge < -0.3 is 14.2 Å². The second-order valence-electron chi connectivity index (χ2n) is 5.34. The highest BCUT2D eigenvalue weighted by atomic mass is 16.7. The third-order valence-corrected chi connectivity index (χ3v) is 3.83. The summed E-state index contributed by atoms with van der Waals surface area (Å²) < 4.78 is 16.1. The first-order chi connectivity index (χ1) is 10.8. The number of hydrogen-bond acceptors (Lipinski definition) is 4. The molecule has 0 aromatic heterocycles. The van der Waals surface area contributed by atoms with Gasteiger partial charge in [-0.2, -0.15) is 0 Å². The number of rotatable bonds is 6. The van der Waals surface area contributed by atoms with Crippen molar-refractivity contribution < 1.29 is 14.2 Å². The van der Waals surface area contributed by atoms with Crippen LogP contribution in [0.15, 0.2) is 42.5 Å². The fourth-order valence-corrected chi connectivity index (χ4v) is 2.61. The molecule has 0 spiro atoms. The Morgan fingerprint density at radius 1 is 1.00 bits per heavy atom. The number of hydrogen-bond donors (Lipinski definition) is 0. The Balaban J connectivity index is 1.69. The van der Waals surface area contributed by atoms with Crippen molar-refractivity contribution >= 4 is 0 Å². The molecule has 1 aliphatic heterocycles. The van der Waals surface area contributed by atoms with E-state index in [2.05, 4.69) is 36.1 Å². The van der Waals surface area contributed by atoms with Gasteiger partial charge in [-0.05, 0) is 41.9 Å². The molecule has 2 aromatic rings. The summed E-state index contributed by atoms with van der Waals surface area (Å²) in [7, 11) is 1.70. The average Bonchev–Trinajstić information content (AvgIpc) is 3.02. The van der Waals surface area contributed by atoms with Gasteiger partial charge in [0.2, 0.25) is 6.79 Å². The quantitative estimate of drug-likeness (QED) is 0.817. The lowest BCUT2D eigenvalue weighted by atomic mass is 10.1. The normalized spacial score (nSPS) is 12.7. The van der Waals surface area contributed by atoms with E-state index in [4.69, 9.17) is 14.2 Å². The predicted octanol–water partition coefficient (Wildman–Crippen LogP) is 3.45. The zero-order chi connectivity index (χ0) is 15.4. The third kappa shape index (κ3) is 3.34. The van der Waals surface area contributed by atoms with Crippen LogP contribution in [0.2, 0.25) is 0 Å². The molecule has 0 saturated carbocycles. The maximum absolute atomic E-state index is 5.45. The molecule has 0 fully saturated rings. The highest BCUT2D eigenvalue weighted by molar-refractivity contribution is 5.44. The first kappa shape index (κ1) is 14.7. The summed E-state index contributed by atoms with van der Waals surface area (Å²) in [6, 6.07) is 14.4. The van der Waals surface area contributed by atoms with Gasteiger partial charge in [0.15, 0.2) is 11.5 Å². The lowest BCUT2D eigenvalue weighted by Gasteiger charge is -2.21. The third-order valence-electron chi connectivity index (χ3n) is 3.83. The van der Waals surface area contributed by atoms with Crippen LogP contribution in [0.1, 0.15) is 18.1 Å². The molecule has 0 aliphatic carbocycles. The van der Waals surface area contributed by atoms with Crippen molar-refractivity contribution in [3.8, 4) is 17.2 Å². The first-order valence-corrected chi connectivity index (χ1v) is 7.52. The minimum Gasteiger partial charge on any atom is -0.497 e. The summed E-state index contributed by atoms with van der Waals surface area (Å²) in [4.78, 5) is 2.38. The van der Waals surface area contributed by atoms with Crippen molar-refractivity contribution in [2.24, 2.45) is 0 Å². The van der Waals surface area contributed by atoms with Crippen LogP contribution in [0, 0.1) is 0 Å². The first-order valence-electron chi connectivity index (χ1n) is 7.52. The molecule has 0 amide bonds. The Kier molecular flexibility index (Phi) is 4.49. The van der Waals surface area contributed by atoms with Crippen LogP contribution < -0.4 is 14.2 Å². The van der Waals surface area contributed by atoms with E-state index in [0.717, 1.165) is 36.9 Å². The van der Waals surface area contributed by atoms with Crippen molar-refractivity contribution in [1.82, 2.24) is 4.90 Å². The molecule has 2 aromatic carbocycles. The Bertz CT molecular complexity index is 642. The van der Waals surface area contributed by atoms with Crippen LogP contribution >= 0.6 is 0 Å². The van der Waals surface area contributed by atoms with Crippen molar-refractivity contribution in [2.45, 2.75) is 20.0 Å². The average molecular weight is 299 g/mol. The number of nitrogens with zero attached hydrogens (tertiary/aromatic N) is 1. The van der Waals surface area contributed by atoms with E-state index in [1.165, 1.54) is 11.1 Å². The molecule has 0 N–H and O–H groups in total. The number of methoxy groups -OCH3 is 1. The lowest BCUT2D eigenvalue weighted by Crippen LogP contribution is -2.22. The van der Waals surface area contributed by atoms with Gasteiger partial charge in [0, 0.05) is 13.1 Å². The predicted molar refractivity (Wildman–Crippen MR) is 85.3 cm³/mol. The summed E-state index contributed by atoms with van der Waals surface area (Å²) in [5.74, 6) is 2.58. The molecule has 22 heavy (non-hydrogen) atoms. The van der Waals surface area contributed by atoms with Gasteiger partial charge >= 0.3 is 0 Å². The molecular formula is C18H21NO3. The molecule has 0 bridgehead atoms. The molecule has 0 saturated heterocycles. The topological polar surface area (TPSA) is 30.9 Å². The number of benzene rings is 2. The summed E-state index contributed by atoms with van der Waals surface area (Å²) in [5.41, 5.74) is 2.48. The van der Waals surface area contributed by atoms with Crippen LogP contribution in [0.3, 0.4) is 0 Å². The van der Waals surface area contributed by atoms with Crippen molar-refractivity contribution in [1.29, 1.82) is 0 Å². The largest absolute Gasteiger partial charge is 0.497 e. The molecule has 0 atom stereocenters. The Morgan fingerprint density at radius 2 is 1.77 bits per heavy atom. The Morgan fingerprint density at radius 3 is 2.55 bits per heavy atom. The summed E-state index contributed by atoms with van der Waals surface area (Å²) in [6.07, 6.45) is 0. The van der Waals surface area contributed by atoms with Gasteiger partial charge in [0.05, 0.1) is 7.11 Å². The molecule has 1 aliphatic rings. The van der Waals surface area contributed by atoms with Gasteiger partial charge in [-0.1, -0.05) is 25.1 Å². The fraction of sp³-hybridized carbons (Fsp3) is 0.333. The molecule has 4 nitrogen and oxygen atoms in total. The molecular weight excluding hydrogens is 278 g/mol. The minimum atomic E-state index is 0.320. The van der Waals surface area contributed by atoms with E-state index in [-0.39, 0.29) is 0 Å². The van der Waals surface area contributed by atoms with E-state index < -0.39 is 0 Å². The van der Waals surface area contributed by atoms with E-state index in [1.807, 2.05) is 18.2 Å². The van der Waals surface area contributed by atoms with Crippen molar-refractivity contribution in [3.05, 3.63) is 53.6 Å². The highest BCUT2D eigenvalue weighted by Crippen LogP contribution is 2.32. The Labute approximate surface area is 131 Å². The van der Waals surface area contributed by atoms with Crippen LogP contribution in [0.5, 0.6) is 17.2 Å².